The zero-order valence-corrected chi connectivity index (χ0v) is 10.2. The molecule has 1 aliphatic rings. The molecule has 5 nitrogen and oxygen atoms in total. The van der Waals surface area contributed by atoms with Gasteiger partial charge < -0.3 is 9.64 Å². The summed E-state index contributed by atoms with van der Waals surface area (Å²) in [5, 5.41) is 0. The van der Waals surface area contributed by atoms with Crippen LogP contribution in [0.2, 0.25) is 0 Å². The van der Waals surface area contributed by atoms with Gasteiger partial charge in [0.05, 0.1) is 6.54 Å². The highest BCUT2D eigenvalue weighted by Crippen LogP contribution is 2.11. The Kier molecular flexibility index (Phi) is 4.29. The minimum atomic E-state index is -0.454. The summed E-state index contributed by atoms with van der Waals surface area (Å²) in [5.41, 5.74) is -0.454. The van der Waals surface area contributed by atoms with Gasteiger partial charge in [0.2, 0.25) is 6.29 Å². The maximum Gasteiger partial charge on any atom is 0.410 e. The van der Waals surface area contributed by atoms with E-state index >= 15 is 0 Å². The standard InChI is InChI=1S/C11H19N2O3/c1-11(2,3)16-10(15)13-6-4-12(5-7-13)8-9-14/h4-8H2,1-3H3. The van der Waals surface area contributed by atoms with Gasteiger partial charge in [-0.25, -0.2) is 4.79 Å². The highest BCUT2D eigenvalue weighted by Gasteiger charge is 2.25. The molecule has 0 aliphatic carbocycles. The molecular formula is C11H19N2O3. The van der Waals surface area contributed by atoms with Crippen LogP contribution in [0, 0.1) is 0 Å². The molecule has 1 heterocycles. The lowest BCUT2D eigenvalue weighted by molar-refractivity contribution is 0.0157. The molecule has 0 unspecified atom stereocenters. The van der Waals surface area contributed by atoms with Gasteiger partial charge in [0, 0.05) is 26.2 Å². The van der Waals surface area contributed by atoms with Crippen LogP contribution in [0.5, 0.6) is 0 Å². The van der Waals surface area contributed by atoms with E-state index in [4.69, 9.17) is 4.74 Å². The first kappa shape index (κ1) is 13.0. The van der Waals surface area contributed by atoms with E-state index in [-0.39, 0.29) is 6.09 Å². The van der Waals surface area contributed by atoms with Crippen LogP contribution in [-0.4, -0.2) is 60.5 Å². The summed E-state index contributed by atoms with van der Waals surface area (Å²) < 4.78 is 5.26. The number of ether oxygens (including phenoxy) is 1. The molecule has 91 valence electrons. The number of carbonyl (C=O) groups is 1. The average Bonchev–Trinajstić information content (AvgIpc) is 2.16. The van der Waals surface area contributed by atoms with E-state index in [0.29, 0.717) is 32.7 Å². The third-order valence-electron chi connectivity index (χ3n) is 2.31. The summed E-state index contributed by atoms with van der Waals surface area (Å²) in [6.07, 6.45) is 1.59. The fourth-order valence-corrected chi connectivity index (χ4v) is 1.51. The quantitative estimate of drug-likeness (QED) is 0.695. The third-order valence-corrected chi connectivity index (χ3v) is 2.31. The summed E-state index contributed by atoms with van der Waals surface area (Å²) >= 11 is 0. The molecular weight excluding hydrogens is 208 g/mol. The topological polar surface area (TPSA) is 49.9 Å². The van der Waals surface area contributed by atoms with Crippen molar-refractivity contribution < 1.29 is 14.3 Å². The predicted molar refractivity (Wildman–Crippen MR) is 59.9 cm³/mol. The van der Waals surface area contributed by atoms with Gasteiger partial charge in [0.25, 0.3) is 0 Å². The Morgan fingerprint density at radius 3 is 2.25 bits per heavy atom. The lowest BCUT2D eigenvalue weighted by atomic mass is 10.2. The first-order chi connectivity index (χ1) is 7.42. The van der Waals surface area contributed by atoms with Crippen LogP contribution in [0.1, 0.15) is 20.8 Å². The Bertz CT molecular complexity index is 252. The number of nitrogens with zero attached hydrogens (tertiary/aromatic N) is 2. The van der Waals surface area contributed by atoms with Crippen molar-refractivity contribution in [1.29, 1.82) is 0 Å². The zero-order valence-electron chi connectivity index (χ0n) is 10.2. The molecule has 5 heteroatoms. The van der Waals surface area contributed by atoms with E-state index in [9.17, 15) is 9.59 Å². The second kappa shape index (κ2) is 5.30. The molecule has 0 bridgehead atoms. The lowest BCUT2D eigenvalue weighted by Gasteiger charge is -2.34. The molecule has 16 heavy (non-hydrogen) atoms. The maximum absolute atomic E-state index is 11.7. The summed E-state index contributed by atoms with van der Waals surface area (Å²) in [4.78, 5) is 25.5. The molecule has 0 spiro atoms. The number of rotatable bonds is 2. The zero-order chi connectivity index (χ0) is 12.2. The molecule has 0 atom stereocenters. The SMILES string of the molecule is CC(C)(C)OC(=O)N1CCN(C[C]=O)CC1. The third kappa shape index (κ3) is 4.18. The van der Waals surface area contributed by atoms with Crippen LogP contribution >= 0.6 is 0 Å². The fraction of sp³-hybridized carbons (Fsp3) is 0.818. The summed E-state index contributed by atoms with van der Waals surface area (Å²) in [5.74, 6) is 0. The smallest absolute Gasteiger partial charge is 0.410 e. The molecule has 0 N–H and O–H groups in total. The highest BCUT2D eigenvalue weighted by atomic mass is 16.6. The molecule has 0 saturated carbocycles. The van der Waals surface area contributed by atoms with Gasteiger partial charge in [-0.1, -0.05) is 0 Å². The van der Waals surface area contributed by atoms with Crippen molar-refractivity contribution in [1.82, 2.24) is 9.80 Å². The van der Waals surface area contributed by atoms with Crippen LogP contribution in [0.25, 0.3) is 0 Å². The van der Waals surface area contributed by atoms with Gasteiger partial charge in [-0.15, -0.1) is 0 Å². The van der Waals surface area contributed by atoms with Gasteiger partial charge in [0.15, 0.2) is 0 Å². The number of amides is 1. The Morgan fingerprint density at radius 2 is 1.81 bits per heavy atom. The van der Waals surface area contributed by atoms with E-state index in [2.05, 4.69) is 0 Å². The number of hydrogen-bond donors (Lipinski definition) is 0. The minimum absolute atomic E-state index is 0.276. The van der Waals surface area contributed by atoms with Crippen molar-refractivity contribution in [2.75, 3.05) is 32.7 Å². The van der Waals surface area contributed by atoms with Crippen LogP contribution in [0.3, 0.4) is 0 Å². The molecule has 1 rings (SSSR count). The summed E-state index contributed by atoms with van der Waals surface area (Å²) in [7, 11) is 0. The van der Waals surface area contributed by atoms with Crippen molar-refractivity contribution in [2.24, 2.45) is 0 Å². The van der Waals surface area contributed by atoms with E-state index < -0.39 is 5.60 Å². The summed E-state index contributed by atoms with van der Waals surface area (Å²) in [6.45, 7) is 8.49. The lowest BCUT2D eigenvalue weighted by Crippen LogP contribution is -2.50. The van der Waals surface area contributed by atoms with Crippen molar-refractivity contribution >= 4 is 12.4 Å². The van der Waals surface area contributed by atoms with E-state index in [1.807, 2.05) is 32.0 Å². The van der Waals surface area contributed by atoms with Crippen LogP contribution in [-0.2, 0) is 9.53 Å². The van der Waals surface area contributed by atoms with Gasteiger partial charge in [0.1, 0.15) is 5.60 Å². The second-order valence-corrected chi connectivity index (χ2v) is 4.89. The molecule has 0 aromatic rings. The molecule has 1 saturated heterocycles. The van der Waals surface area contributed by atoms with Crippen LogP contribution in [0.4, 0.5) is 4.79 Å². The van der Waals surface area contributed by atoms with Crippen LogP contribution in [0.15, 0.2) is 0 Å². The summed E-state index contributed by atoms with van der Waals surface area (Å²) in [6, 6.07) is 0. The van der Waals surface area contributed by atoms with Crippen molar-refractivity contribution in [3.8, 4) is 0 Å². The largest absolute Gasteiger partial charge is 0.444 e. The molecule has 1 fully saturated rings. The van der Waals surface area contributed by atoms with Crippen molar-refractivity contribution in [3.05, 3.63) is 0 Å². The first-order valence-corrected chi connectivity index (χ1v) is 5.47. The Morgan fingerprint density at radius 1 is 1.25 bits per heavy atom. The van der Waals surface area contributed by atoms with Gasteiger partial charge in [-0.3, -0.25) is 9.69 Å². The van der Waals surface area contributed by atoms with E-state index in [1.165, 1.54) is 0 Å². The minimum Gasteiger partial charge on any atom is -0.444 e. The fourth-order valence-electron chi connectivity index (χ4n) is 1.51. The van der Waals surface area contributed by atoms with Gasteiger partial charge >= 0.3 is 6.09 Å². The number of hydrogen-bond acceptors (Lipinski definition) is 4. The second-order valence-electron chi connectivity index (χ2n) is 4.89. The van der Waals surface area contributed by atoms with Crippen molar-refractivity contribution in [3.63, 3.8) is 0 Å². The Labute approximate surface area is 96.3 Å². The monoisotopic (exact) mass is 227 g/mol. The average molecular weight is 227 g/mol. The Hall–Kier alpha value is -1.10. The molecule has 0 aromatic heterocycles. The predicted octanol–water partition coefficient (Wildman–Crippen LogP) is 0.649. The van der Waals surface area contributed by atoms with Crippen molar-refractivity contribution in [2.45, 2.75) is 26.4 Å². The maximum atomic E-state index is 11.7. The molecule has 1 amide bonds. The molecule has 1 aliphatic heterocycles. The van der Waals surface area contributed by atoms with Crippen LogP contribution < -0.4 is 0 Å². The van der Waals surface area contributed by atoms with Gasteiger partial charge in [-0.05, 0) is 20.8 Å². The molecule has 1 radical (unpaired) electrons. The molecule has 0 aromatic carbocycles. The van der Waals surface area contributed by atoms with E-state index in [0.717, 1.165) is 0 Å². The first-order valence-electron chi connectivity index (χ1n) is 5.47. The number of piperazine rings is 1. The Balaban J connectivity index is 2.36. The van der Waals surface area contributed by atoms with E-state index in [1.54, 1.807) is 4.90 Å². The highest BCUT2D eigenvalue weighted by molar-refractivity contribution is 5.68. The van der Waals surface area contributed by atoms with Gasteiger partial charge in [-0.2, -0.15) is 0 Å². The number of carbonyl (C=O) groups excluding carboxylic acids is 2. The normalized spacial score (nSPS) is 18.3.